The van der Waals surface area contributed by atoms with Crippen molar-refractivity contribution in [2.24, 2.45) is 0 Å². The predicted molar refractivity (Wildman–Crippen MR) is 80.1 cm³/mol. The Morgan fingerprint density at radius 3 is 2.71 bits per heavy atom. The second kappa shape index (κ2) is 4.95. The van der Waals surface area contributed by atoms with Crippen LogP contribution in [-0.2, 0) is 0 Å². The molecule has 0 amide bonds. The van der Waals surface area contributed by atoms with Gasteiger partial charge in [0.2, 0.25) is 5.89 Å². The molecule has 21 heavy (non-hydrogen) atoms. The summed E-state index contributed by atoms with van der Waals surface area (Å²) in [7, 11) is 2.25. The van der Waals surface area contributed by atoms with E-state index in [2.05, 4.69) is 52.4 Å². The van der Waals surface area contributed by atoms with Crippen molar-refractivity contribution in [3.8, 4) is 0 Å². The van der Waals surface area contributed by atoms with Gasteiger partial charge >= 0.3 is 0 Å². The van der Waals surface area contributed by atoms with Gasteiger partial charge in [-0.25, -0.2) is 0 Å². The van der Waals surface area contributed by atoms with Crippen LogP contribution in [0, 0.1) is 6.92 Å². The van der Waals surface area contributed by atoms with E-state index in [1.165, 1.54) is 24.8 Å². The van der Waals surface area contributed by atoms with Crippen molar-refractivity contribution in [3.63, 3.8) is 0 Å². The van der Waals surface area contributed by atoms with Crippen LogP contribution in [0.15, 0.2) is 34.9 Å². The molecule has 2 aromatic rings. The Morgan fingerprint density at radius 1 is 1.19 bits per heavy atom. The Labute approximate surface area is 125 Å². The van der Waals surface area contributed by atoms with E-state index < -0.39 is 0 Å². The van der Waals surface area contributed by atoms with Crippen LogP contribution in [0.4, 0.5) is 0 Å². The highest BCUT2D eigenvalue weighted by molar-refractivity contribution is 5.27. The summed E-state index contributed by atoms with van der Waals surface area (Å²) in [6.07, 6.45) is 3.70. The molecule has 4 heteroatoms. The zero-order valence-corrected chi connectivity index (χ0v) is 12.6. The van der Waals surface area contributed by atoms with Gasteiger partial charge in [-0.2, -0.15) is 4.98 Å². The number of piperidine rings is 1. The molecule has 2 saturated heterocycles. The third-order valence-electron chi connectivity index (χ3n) is 5.32. The van der Waals surface area contributed by atoms with Crippen LogP contribution < -0.4 is 0 Å². The quantitative estimate of drug-likeness (QED) is 0.849. The molecule has 3 heterocycles. The number of likely N-dealkylation sites (N-methyl/N-ethyl adjacent to an activating group) is 1. The fourth-order valence-corrected chi connectivity index (χ4v) is 4.29. The molecule has 1 aromatic heterocycles. The monoisotopic (exact) mass is 283 g/mol. The molecule has 2 aliphatic heterocycles. The minimum absolute atomic E-state index is 0.317. The molecular formula is C17H21N3O. The summed E-state index contributed by atoms with van der Waals surface area (Å²) in [5.41, 5.74) is 1.41. The van der Waals surface area contributed by atoms with Crippen LogP contribution in [0.3, 0.4) is 0 Å². The molecule has 110 valence electrons. The zero-order valence-electron chi connectivity index (χ0n) is 12.6. The molecule has 1 aromatic carbocycles. The topological polar surface area (TPSA) is 42.2 Å². The van der Waals surface area contributed by atoms with Crippen molar-refractivity contribution in [1.82, 2.24) is 15.0 Å². The number of hydrogen-bond acceptors (Lipinski definition) is 4. The van der Waals surface area contributed by atoms with Gasteiger partial charge in [0.25, 0.3) is 0 Å². The first-order valence-electron chi connectivity index (χ1n) is 7.81. The van der Waals surface area contributed by atoms with E-state index in [0.717, 1.165) is 11.7 Å². The molecule has 2 fully saturated rings. The minimum Gasteiger partial charge on any atom is -0.339 e. The smallest absolute Gasteiger partial charge is 0.231 e. The van der Waals surface area contributed by atoms with Crippen molar-refractivity contribution >= 4 is 0 Å². The summed E-state index contributed by atoms with van der Waals surface area (Å²) in [6, 6.07) is 12.0. The number of fused-ring (bicyclic) bond motifs is 2. The maximum Gasteiger partial charge on any atom is 0.231 e. The normalized spacial score (nSPS) is 32.5. The molecule has 0 unspecified atom stereocenters. The van der Waals surface area contributed by atoms with Crippen molar-refractivity contribution in [2.75, 3.05) is 7.05 Å². The maximum atomic E-state index is 5.57. The van der Waals surface area contributed by atoms with Gasteiger partial charge < -0.3 is 4.52 Å². The van der Waals surface area contributed by atoms with E-state index in [1.807, 2.05) is 6.92 Å². The molecule has 2 bridgehead atoms. The molecule has 0 N–H and O–H groups in total. The zero-order chi connectivity index (χ0) is 14.4. The van der Waals surface area contributed by atoms with Gasteiger partial charge in [-0.15, -0.1) is 0 Å². The van der Waals surface area contributed by atoms with Crippen molar-refractivity contribution in [1.29, 1.82) is 0 Å². The molecular weight excluding hydrogens is 262 g/mol. The van der Waals surface area contributed by atoms with E-state index in [0.29, 0.717) is 23.9 Å². The van der Waals surface area contributed by atoms with Crippen LogP contribution in [0.5, 0.6) is 0 Å². The minimum atomic E-state index is 0.317. The van der Waals surface area contributed by atoms with Gasteiger partial charge in [-0.1, -0.05) is 35.5 Å². The Hall–Kier alpha value is -1.68. The Balaban J connectivity index is 1.77. The van der Waals surface area contributed by atoms with Gasteiger partial charge in [0, 0.05) is 12.1 Å². The maximum absolute atomic E-state index is 5.57. The average Bonchev–Trinajstić information content (AvgIpc) is 3.01. The Kier molecular flexibility index (Phi) is 3.07. The highest BCUT2D eigenvalue weighted by Gasteiger charge is 2.48. The first kappa shape index (κ1) is 13.0. The van der Waals surface area contributed by atoms with E-state index >= 15 is 0 Å². The molecule has 0 spiro atoms. The lowest BCUT2D eigenvalue weighted by molar-refractivity contribution is 0.120. The number of aryl methyl sites for hydroxylation is 1. The summed E-state index contributed by atoms with van der Waals surface area (Å²) >= 11 is 0. The second-order valence-electron chi connectivity index (χ2n) is 6.42. The van der Waals surface area contributed by atoms with E-state index in [9.17, 15) is 0 Å². The van der Waals surface area contributed by atoms with Crippen molar-refractivity contribution < 1.29 is 4.52 Å². The van der Waals surface area contributed by atoms with E-state index in [1.54, 1.807) is 0 Å². The lowest BCUT2D eigenvalue weighted by Crippen LogP contribution is -2.44. The third-order valence-corrected chi connectivity index (χ3v) is 5.32. The van der Waals surface area contributed by atoms with Crippen LogP contribution in [0.25, 0.3) is 0 Å². The first-order chi connectivity index (χ1) is 10.2. The van der Waals surface area contributed by atoms with Gasteiger partial charge in [0.1, 0.15) is 0 Å². The molecule has 0 saturated carbocycles. The molecule has 0 radical (unpaired) electrons. The molecule has 2 aliphatic rings. The largest absolute Gasteiger partial charge is 0.339 e. The predicted octanol–water partition coefficient (Wildman–Crippen LogP) is 3.11. The van der Waals surface area contributed by atoms with Crippen LogP contribution >= 0.6 is 0 Å². The van der Waals surface area contributed by atoms with Crippen molar-refractivity contribution in [3.05, 3.63) is 47.6 Å². The molecule has 4 atom stereocenters. The second-order valence-corrected chi connectivity index (χ2v) is 6.42. The third kappa shape index (κ3) is 2.09. The lowest BCUT2D eigenvalue weighted by atomic mass is 9.76. The Bertz CT molecular complexity index is 624. The van der Waals surface area contributed by atoms with E-state index in [-0.39, 0.29) is 0 Å². The molecule has 4 nitrogen and oxygen atoms in total. The number of benzene rings is 1. The number of aromatic nitrogens is 2. The summed E-state index contributed by atoms with van der Waals surface area (Å²) in [4.78, 5) is 7.09. The van der Waals surface area contributed by atoms with Gasteiger partial charge in [-0.05, 0) is 44.7 Å². The fraction of sp³-hybridized carbons (Fsp3) is 0.529. The highest BCUT2D eigenvalue weighted by atomic mass is 16.5. The summed E-state index contributed by atoms with van der Waals surface area (Å²) in [5.74, 6) is 2.36. The fourth-order valence-electron chi connectivity index (χ4n) is 4.29. The first-order valence-corrected chi connectivity index (χ1v) is 7.81. The van der Waals surface area contributed by atoms with Gasteiger partial charge in [0.05, 0.1) is 5.92 Å². The summed E-state index contributed by atoms with van der Waals surface area (Å²) < 4.78 is 5.57. The summed E-state index contributed by atoms with van der Waals surface area (Å²) in [6.45, 7) is 1.90. The van der Waals surface area contributed by atoms with Crippen LogP contribution in [0.1, 0.15) is 48.4 Å². The molecule has 0 aliphatic carbocycles. The average molecular weight is 283 g/mol. The van der Waals surface area contributed by atoms with Gasteiger partial charge in [-0.3, -0.25) is 4.90 Å². The van der Waals surface area contributed by atoms with Crippen molar-refractivity contribution in [2.45, 2.75) is 50.1 Å². The van der Waals surface area contributed by atoms with Crippen LogP contribution in [0.2, 0.25) is 0 Å². The van der Waals surface area contributed by atoms with Gasteiger partial charge in [0.15, 0.2) is 5.82 Å². The number of rotatable bonds is 2. The van der Waals surface area contributed by atoms with E-state index in [4.69, 9.17) is 4.52 Å². The van der Waals surface area contributed by atoms with Crippen LogP contribution in [-0.4, -0.2) is 34.2 Å². The number of hydrogen-bond donors (Lipinski definition) is 0. The Morgan fingerprint density at radius 2 is 2.00 bits per heavy atom. The standard InChI is InChI=1S/C17H21N3O/c1-11-18-17(21-19-11)16-14(12-6-4-3-5-7-12)10-13-8-9-15(16)20(13)2/h3-7,13-16H,8-10H2,1-2H3/t13-,14-,15+,16-/m0/s1. The lowest BCUT2D eigenvalue weighted by Gasteiger charge is -2.41. The molecule has 4 rings (SSSR count). The highest BCUT2D eigenvalue weighted by Crippen LogP contribution is 2.50. The number of nitrogens with zero attached hydrogens (tertiary/aromatic N) is 3. The SMILES string of the molecule is Cc1noc([C@@H]2[C@H]3CC[C@@H](C[C@H]2c2ccccc2)N3C)n1. The summed E-state index contributed by atoms with van der Waals surface area (Å²) in [5, 5.41) is 4.02.